The number of hydrogen-bond donors (Lipinski definition) is 1. The average molecular weight is 416 g/mol. The topological polar surface area (TPSA) is 55.2 Å². The van der Waals surface area contributed by atoms with Crippen LogP contribution in [0.15, 0.2) is 40.4 Å². The van der Waals surface area contributed by atoms with Crippen molar-refractivity contribution in [1.82, 2.24) is 25.0 Å². The van der Waals surface area contributed by atoms with Crippen LogP contribution in [0.2, 0.25) is 5.02 Å². The molecule has 6 nitrogen and oxygen atoms in total. The lowest BCUT2D eigenvalue weighted by Crippen LogP contribution is -2.40. The Balaban J connectivity index is 1.32. The maximum absolute atomic E-state index is 6.49. The summed E-state index contributed by atoms with van der Waals surface area (Å²) in [4.78, 5) is 8.02. The number of hydrogen-bond acceptors (Lipinski definition) is 6. The molecule has 0 atom stereocenters. The van der Waals surface area contributed by atoms with Gasteiger partial charge in [-0.3, -0.25) is 9.58 Å². The van der Waals surface area contributed by atoms with Crippen molar-refractivity contribution in [3.05, 3.63) is 35.5 Å². The van der Waals surface area contributed by atoms with Gasteiger partial charge >= 0.3 is 0 Å². The Morgan fingerprint density at radius 2 is 2.00 bits per heavy atom. The molecule has 2 aliphatic heterocycles. The lowest BCUT2D eigenvalue weighted by molar-refractivity contribution is 0.0384. The third-order valence-electron chi connectivity index (χ3n) is 5.26. The molecular formula is C20H22ClN5OS. The number of fused-ring (bicyclic) bond motifs is 2. The van der Waals surface area contributed by atoms with E-state index in [0.29, 0.717) is 0 Å². The van der Waals surface area contributed by atoms with Gasteiger partial charge in [0.05, 0.1) is 30.3 Å². The molecule has 1 aromatic carbocycles. The molecule has 2 aliphatic rings. The van der Waals surface area contributed by atoms with Crippen LogP contribution in [0.4, 0.5) is 0 Å². The molecule has 1 saturated heterocycles. The number of morpholine rings is 1. The van der Waals surface area contributed by atoms with E-state index in [9.17, 15) is 0 Å². The van der Waals surface area contributed by atoms with E-state index in [-0.39, 0.29) is 0 Å². The number of aromatic nitrogens is 3. The summed E-state index contributed by atoms with van der Waals surface area (Å²) in [5, 5.41) is 11.4. The molecule has 4 heterocycles. The summed E-state index contributed by atoms with van der Waals surface area (Å²) >= 11 is 8.13. The molecule has 8 heteroatoms. The predicted octanol–water partition coefficient (Wildman–Crippen LogP) is 3.14. The van der Waals surface area contributed by atoms with Crippen LogP contribution >= 0.6 is 23.4 Å². The van der Waals surface area contributed by atoms with Crippen molar-refractivity contribution in [2.45, 2.75) is 16.5 Å². The van der Waals surface area contributed by atoms with E-state index < -0.39 is 0 Å². The molecule has 1 N–H and O–H groups in total. The molecule has 0 unspecified atom stereocenters. The Morgan fingerprint density at radius 3 is 2.89 bits per heavy atom. The molecule has 0 radical (unpaired) electrons. The Labute approximate surface area is 173 Å². The summed E-state index contributed by atoms with van der Waals surface area (Å²) in [5.41, 5.74) is 3.21. The second-order valence-corrected chi connectivity index (χ2v) is 8.41. The van der Waals surface area contributed by atoms with Crippen LogP contribution in [0, 0.1) is 0 Å². The quantitative estimate of drug-likeness (QED) is 0.488. The first-order valence-corrected chi connectivity index (χ1v) is 10.8. The van der Waals surface area contributed by atoms with Crippen molar-refractivity contribution in [1.29, 1.82) is 0 Å². The number of nitrogens with zero attached hydrogens (tertiary/aromatic N) is 4. The minimum absolute atomic E-state index is 0.762. The summed E-state index contributed by atoms with van der Waals surface area (Å²) in [5.74, 6) is 0. The highest BCUT2D eigenvalue weighted by Gasteiger charge is 2.26. The minimum atomic E-state index is 0.762. The summed E-state index contributed by atoms with van der Waals surface area (Å²) in [6.45, 7) is 7.50. The molecule has 0 bridgehead atoms. The molecular weight excluding hydrogens is 394 g/mol. The van der Waals surface area contributed by atoms with Crippen molar-refractivity contribution in [2.75, 3.05) is 45.9 Å². The highest BCUT2D eigenvalue weighted by Crippen LogP contribution is 2.49. The standard InChI is InChI=1S/C20H22ClN5OS/c21-15-3-4-16-17-18(14-2-1-5-23-20(14)28-19(15)17)24-26(16)9-7-22-6-8-25-10-12-27-13-11-25/h1-5,22H,6-13H2. The van der Waals surface area contributed by atoms with E-state index in [1.54, 1.807) is 11.8 Å². The second-order valence-electron chi connectivity index (χ2n) is 7.00. The first kappa shape index (κ1) is 18.4. The maximum Gasteiger partial charge on any atom is 0.110 e. The van der Waals surface area contributed by atoms with Gasteiger partial charge in [-0.1, -0.05) is 23.4 Å². The van der Waals surface area contributed by atoms with Crippen LogP contribution in [0.3, 0.4) is 0 Å². The van der Waals surface area contributed by atoms with Crippen LogP contribution < -0.4 is 5.32 Å². The number of nitrogens with one attached hydrogen (secondary N) is 1. The fraction of sp³-hybridized carbons (Fsp3) is 0.400. The van der Waals surface area contributed by atoms with Crippen molar-refractivity contribution in [3.8, 4) is 11.3 Å². The van der Waals surface area contributed by atoms with Gasteiger partial charge in [0.25, 0.3) is 0 Å². The summed E-state index contributed by atoms with van der Waals surface area (Å²) in [6, 6.07) is 8.10. The number of pyridine rings is 1. The molecule has 146 valence electrons. The fourth-order valence-electron chi connectivity index (χ4n) is 3.80. The SMILES string of the molecule is Clc1ccc2c3c(nn2CCNCCN2CCOCC2)-c2cccnc2Sc13. The van der Waals surface area contributed by atoms with Crippen LogP contribution in [-0.4, -0.2) is 65.6 Å². The van der Waals surface area contributed by atoms with Gasteiger partial charge in [-0.05, 0) is 24.3 Å². The number of rotatable bonds is 6. The Kier molecular flexibility index (Phi) is 5.26. The summed E-state index contributed by atoms with van der Waals surface area (Å²) in [6.07, 6.45) is 1.82. The summed E-state index contributed by atoms with van der Waals surface area (Å²) < 4.78 is 7.49. The van der Waals surface area contributed by atoms with Crippen molar-refractivity contribution < 1.29 is 4.74 Å². The lowest BCUT2D eigenvalue weighted by Gasteiger charge is -2.26. The van der Waals surface area contributed by atoms with E-state index in [1.807, 2.05) is 18.3 Å². The highest BCUT2D eigenvalue weighted by molar-refractivity contribution is 7.99. The molecule has 0 aliphatic carbocycles. The van der Waals surface area contributed by atoms with E-state index in [4.69, 9.17) is 21.4 Å². The molecule has 0 amide bonds. The molecule has 28 heavy (non-hydrogen) atoms. The average Bonchev–Trinajstić information content (AvgIpc) is 3.11. The zero-order chi connectivity index (χ0) is 18.9. The van der Waals surface area contributed by atoms with Crippen LogP contribution in [0.5, 0.6) is 0 Å². The zero-order valence-corrected chi connectivity index (χ0v) is 17.1. The van der Waals surface area contributed by atoms with E-state index in [0.717, 1.165) is 89.6 Å². The normalized spacial score (nSPS) is 16.5. The number of benzene rings is 1. The lowest BCUT2D eigenvalue weighted by atomic mass is 10.1. The molecule has 0 spiro atoms. The summed E-state index contributed by atoms with van der Waals surface area (Å²) in [7, 11) is 0. The fourth-order valence-corrected chi connectivity index (χ4v) is 5.12. The molecule has 5 rings (SSSR count). The van der Waals surface area contributed by atoms with Gasteiger partial charge in [-0.25, -0.2) is 4.98 Å². The zero-order valence-electron chi connectivity index (χ0n) is 15.5. The van der Waals surface area contributed by atoms with Crippen LogP contribution in [0.1, 0.15) is 0 Å². The molecule has 3 aromatic rings. The van der Waals surface area contributed by atoms with Gasteiger partial charge in [-0.2, -0.15) is 5.10 Å². The van der Waals surface area contributed by atoms with Crippen molar-refractivity contribution in [2.24, 2.45) is 0 Å². The maximum atomic E-state index is 6.49. The third kappa shape index (κ3) is 3.42. The Morgan fingerprint density at radius 1 is 1.14 bits per heavy atom. The largest absolute Gasteiger partial charge is 0.379 e. The number of ether oxygens (including phenoxy) is 1. The van der Waals surface area contributed by atoms with Crippen molar-refractivity contribution in [3.63, 3.8) is 0 Å². The van der Waals surface area contributed by atoms with Crippen LogP contribution in [0.25, 0.3) is 22.2 Å². The van der Waals surface area contributed by atoms with Crippen molar-refractivity contribution >= 4 is 34.3 Å². The van der Waals surface area contributed by atoms with E-state index >= 15 is 0 Å². The molecule has 0 saturated carbocycles. The Hall–Kier alpha value is -1.64. The minimum Gasteiger partial charge on any atom is -0.379 e. The molecule has 2 aromatic heterocycles. The van der Waals surface area contributed by atoms with Gasteiger partial charge in [0, 0.05) is 54.8 Å². The van der Waals surface area contributed by atoms with Gasteiger partial charge < -0.3 is 10.1 Å². The van der Waals surface area contributed by atoms with E-state index in [1.165, 1.54) is 0 Å². The second kappa shape index (κ2) is 8.00. The smallest absolute Gasteiger partial charge is 0.110 e. The monoisotopic (exact) mass is 415 g/mol. The van der Waals surface area contributed by atoms with Gasteiger partial charge in [0.15, 0.2) is 0 Å². The predicted molar refractivity (Wildman–Crippen MR) is 112 cm³/mol. The van der Waals surface area contributed by atoms with Gasteiger partial charge in [0.1, 0.15) is 10.7 Å². The first-order valence-electron chi connectivity index (χ1n) is 9.64. The Bertz CT molecular complexity index is 1000. The molecule has 1 fully saturated rings. The number of halogens is 1. The third-order valence-corrected chi connectivity index (χ3v) is 6.83. The first-order chi connectivity index (χ1) is 13.8. The van der Waals surface area contributed by atoms with Crippen LogP contribution in [-0.2, 0) is 11.3 Å². The van der Waals surface area contributed by atoms with Gasteiger partial charge in [0.2, 0.25) is 0 Å². The highest BCUT2D eigenvalue weighted by atomic mass is 35.5. The van der Waals surface area contributed by atoms with E-state index in [2.05, 4.69) is 32.0 Å². The van der Waals surface area contributed by atoms with Gasteiger partial charge in [-0.15, -0.1) is 0 Å².